The molecule has 14 heteroatoms. The van der Waals surface area contributed by atoms with Crippen molar-refractivity contribution in [1.82, 2.24) is 24.5 Å². The van der Waals surface area contributed by atoms with Crippen LogP contribution in [0.2, 0.25) is 0 Å². The molecule has 0 saturated carbocycles. The van der Waals surface area contributed by atoms with Crippen LogP contribution in [0.5, 0.6) is 0 Å². The van der Waals surface area contributed by atoms with Gasteiger partial charge < -0.3 is 25.1 Å². The highest BCUT2D eigenvalue weighted by atomic mass is 16.5. The lowest BCUT2D eigenvalue weighted by Crippen LogP contribution is -2.34. The standard InChI is InChI=1S/C38H43N9O5/c1-6-7-20-51-38(50)45-36(39)27-11-14-29(15-12-27)41-22-34-44-30-21-28(13-16-32(30)46(34)5)37(49)47(33-10-8-9-18-40-33)19-17-35(48)52-23-31-26(4)42-24(2)25(3)43-31/h8-16,18,21,41H,6-7,17,19-20,22-23H2,1-5H3,(H2,39,45,50). The Morgan fingerprint density at radius 3 is 2.40 bits per heavy atom. The van der Waals surface area contributed by atoms with Crippen LogP contribution in [0.15, 0.2) is 71.9 Å². The molecule has 5 rings (SSSR count). The SMILES string of the molecule is CCCCOC(=O)/N=C(\N)c1ccc(NCc2nc3cc(C(=O)N(CCC(=O)OCc4nc(C)c(C)nc4C)c4ccccn4)ccc3n2C)cc1. The van der Waals surface area contributed by atoms with Crippen molar-refractivity contribution in [3.63, 3.8) is 0 Å². The maximum Gasteiger partial charge on any atom is 0.435 e. The second-order valence-electron chi connectivity index (χ2n) is 12.2. The molecule has 0 aliphatic heterocycles. The smallest absolute Gasteiger partial charge is 0.435 e. The second kappa shape index (κ2) is 17.2. The molecule has 3 aromatic heterocycles. The van der Waals surface area contributed by atoms with Crippen molar-refractivity contribution in [1.29, 1.82) is 0 Å². The number of esters is 1. The summed E-state index contributed by atoms with van der Waals surface area (Å²) in [7, 11) is 1.91. The Morgan fingerprint density at radius 2 is 1.67 bits per heavy atom. The van der Waals surface area contributed by atoms with Crippen LogP contribution in [0.25, 0.3) is 11.0 Å². The third kappa shape index (κ3) is 9.33. The number of carbonyl (C=O) groups is 3. The van der Waals surface area contributed by atoms with E-state index in [0.29, 0.717) is 47.0 Å². The molecule has 0 spiro atoms. The summed E-state index contributed by atoms with van der Waals surface area (Å²) < 4.78 is 12.5. The number of aromatic nitrogens is 5. The van der Waals surface area contributed by atoms with E-state index in [-0.39, 0.29) is 31.3 Å². The normalized spacial score (nSPS) is 11.4. The van der Waals surface area contributed by atoms with Gasteiger partial charge in [0.1, 0.15) is 24.1 Å². The number of nitrogens with one attached hydrogen (secondary N) is 1. The summed E-state index contributed by atoms with van der Waals surface area (Å²) in [6.07, 6.45) is 2.52. The molecule has 2 amide bonds. The van der Waals surface area contributed by atoms with Crippen LogP contribution in [0.3, 0.4) is 0 Å². The number of hydrogen-bond donors (Lipinski definition) is 2. The zero-order valence-corrected chi connectivity index (χ0v) is 30.0. The van der Waals surface area contributed by atoms with Crippen molar-refractivity contribution in [2.24, 2.45) is 17.8 Å². The highest BCUT2D eigenvalue weighted by Crippen LogP contribution is 2.22. The van der Waals surface area contributed by atoms with Gasteiger partial charge in [0, 0.05) is 36.6 Å². The minimum atomic E-state index is -0.709. The van der Waals surface area contributed by atoms with Gasteiger partial charge in [0.05, 0.1) is 53.4 Å². The van der Waals surface area contributed by atoms with E-state index >= 15 is 0 Å². The number of nitrogens with zero attached hydrogens (tertiary/aromatic N) is 7. The van der Waals surface area contributed by atoms with Crippen LogP contribution >= 0.6 is 0 Å². The van der Waals surface area contributed by atoms with Crippen molar-refractivity contribution in [2.45, 2.75) is 60.1 Å². The van der Waals surface area contributed by atoms with Crippen LogP contribution < -0.4 is 16.0 Å². The molecule has 14 nitrogen and oxygen atoms in total. The maximum absolute atomic E-state index is 13.9. The molecule has 52 heavy (non-hydrogen) atoms. The number of aliphatic imine (C=N–C) groups is 1. The lowest BCUT2D eigenvalue weighted by Gasteiger charge is -2.21. The van der Waals surface area contributed by atoms with Gasteiger partial charge in [-0.25, -0.2) is 14.8 Å². The number of benzene rings is 2. The summed E-state index contributed by atoms with van der Waals surface area (Å²) in [5, 5.41) is 3.35. The third-order valence-corrected chi connectivity index (χ3v) is 8.45. The molecule has 3 N–H and O–H groups in total. The Kier molecular flexibility index (Phi) is 12.2. The molecule has 2 aromatic carbocycles. The van der Waals surface area contributed by atoms with Gasteiger partial charge in [-0.1, -0.05) is 19.4 Å². The second-order valence-corrected chi connectivity index (χ2v) is 12.2. The molecular formula is C38H43N9O5. The van der Waals surface area contributed by atoms with Gasteiger partial charge in [-0.05, 0) is 81.8 Å². The molecule has 0 aliphatic rings. The van der Waals surface area contributed by atoms with E-state index in [1.807, 2.05) is 57.5 Å². The largest absolute Gasteiger partial charge is 0.459 e. The van der Waals surface area contributed by atoms with E-state index in [0.717, 1.165) is 41.3 Å². The van der Waals surface area contributed by atoms with Gasteiger partial charge in [-0.3, -0.25) is 24.5 Å². The van der Waals surface area contributed by atoms with Gasteiger partial charge >= 0.3 is 12.1 Å². The van der Waals surface area contributed by atoms with Gasteiger partial charge in [0.25, 0.3) is 5.91 Å². The van der Waals surface area contributed by atoms with Crippen molar-refractivity contribution < 1.29 is 23.9 Å². The average molecular weight is 706 g/mol. The molecule has 0 bridgehead atoms. The summed E-state index contributed by atoms with van der Waals surface area (Å²) in [6, 6.07) is 17.8. The third-order valence-electron chi connectivity index (χ3n) is 8.45. The van der Waals surface area contributed by atoms with E-state index in [4.69, 9.17) is 20.2 Å². The predicted octanol–water partition coefficient (Wildman–Crippen LogP) is 5.72. The van der Waals surface area contributed by atoms with Gasteiger partial charge in [-0.2, -0.15) is 4.99 Å². The topological polar surface area (TPSA) is 180 Å². The summed E-state index contributed by atoms with van der Waals surface area (Å²) in [5.41, 5.74) is 12.2. The van der Waals surface area contributed by atoms with Crippen LogP contribution in [-0.2, 0) is 34.5 Å². The lowest BCUT2D eigenvalue weighted by molar-refractivity contribution is -0.144. The number of anilines is 2. The Balaban J connectivity index is 1.24. The van der Waals surface area contributed by atoms with Crippen LogP contribution in [0.1, 0.15) is 70.7 Å². The number of aryl methyl sites for hydroxylation is 4. The molecule has 0 radical (unpaired) electrons. The van der Waals surface area contributed by atoms with Gasteiger partial charge in [0.2, 0.25) is 0 Å². The summed E-state index contributed by atoms with van der Waals surface area (Å²) in [6.45, 7) is 8.33. The zero-order valence-electron chi connectivity index (χ0n) is 30.0. The first-order chi connectivity index (χ1) is 25.0. The summed E-state index contributed by atoms with van der Waals surface area (Å²) in [4.78, 5) is 62.0. The van der Waals surface area contributed by atoms with E-state index in [1.54, 1.807) is 48.7 Å². The number of pyridine rings is 1. The maximum atomic E-state index is 13.9. The molecule has 5 aromatic rings. The van der Waals surface area contributed by atoms with Crippen LogP contribution in [0.4, 0.5) is 16.3 Å². The molecule has 0 saturated heterocycles. The first-order valence-corrected chi connectivity index (χ1v) is 17.0. The quantitative estimate of drug-likeness (QED) is 0.0625. The number of rotatable bonds is 14. The Hall–Kier alpha value is -6.18. The number of carbonyl (C=O) groups excluding carboxylic acids is 3. The fourth-order valence-electron chi connectivity index (χ4n) is 5.29. The molecule has 0 atom stereocenters. The van der Waals surface area contributed by atoms with E-state index in [9.17, 15) is 14.4 Å². The Bertz CT molecular complexity index is 2080. The fraction of sp³-hybridized carbons (Fsp3) is 0.316. The van der Waals surface area contributed by atoms with Crippen LogP contribution in [0, 0.1) is 20.8 Å². The van der Waals surface area contributed by atoms with Crippen molar-refractivity contribution >= 4 is 46.3 Å². The first-order valence-electron chi connectivity index (χ1n) is 17.0. The number of amidine groups is 1. The highest BCUT2D eigenvalue weighted by molar-refractivity contribution is 6.07. The van der Waals surface area contributed by atoms with Crippen molar-refractivity contribution in [2.75, 3.05) is 23.4 Å². The van der Waals surface area contributed by atoms with E-state index < -0.39 is 12.1 Å². The minimum Gasteiger partial charge on any atom is -0.459 e. The van der Waals surface area contributed by atoms with Crippen LogP contribution in [-0.4, -0.2) is 61.5 Å². The Labute approximate surface area is 302 Å². The number of unbranched alkanes of at least 4 members (excludes halogenated alkanes) is 1. The molecular weight excluding hydrogens is 662 g/mol. The van der Waals surface area contributed by atoms with E-state index in [1.165, 1.54) is 4.90 Å². The highest BCUT2D eigenvalue weighted by Gasteiger charge is 2.22. The van der Waals surface area contributed by atoms with Gasteiger partial charge in [0.15, 0.2) is 0 Å². The predicted molar refractivity (Wildman–Crippen MR) is 198 cm³/mol. The molecule has 3 heterocycles. The molecule has 0 aliphatic carbocycles. The Morgan fingerprint density at radius 1 is 0.923 bits per heavy atom. The summed E-state index contributed by atoms with van der Waals surface area (Å²) in [5.74, 6) is 0.431. The van der Waals surface area contributed by atoms with Crippen molar-refractivity contribution in [3.8, 4) is 0 Å². The number of nitrogens with two attached hydrogens (primary N) is 1. The number of fused-ring (bicyclic) bond motifs is 1. The van der Waals surface area contributed by atoms with Crippen molar-refractivity contribution in [3.05, 3.63) is 107 Å². The molecule has 0 fully saturated rings. The molecule has 270 valence electrons. The van der Waals surface area contributed by atoms with Gasteiger partial charge in [-0.15, -0.1) is 0 Å². The number of hydrogen-bond acceptors (Lipinski definition) is 10. The number of ether oxygens (including phenoxy) is 2. The number of amides is 2. The van der Waals surface area contributed by atoms with E-state index in [2.05, 4.69) is 25.3 Å². The molecule has 0 unspecified atom stereocenters. The summed E-state index contributed by atoms with van der Waals surface area (Å²) >= 11 is 0. The zero-order chi connectivity index (χ0) is 37.2. The number of imidazole rings is 1. The lowest BCUT2D eigenvalue weighted by atomic mass is 10.1. The fourth-order valence-corrected chi connectivity index (χ4v) is 5.29. The average Bonchev–Trinajstić information content (AvgIpc) is 3.46. The monoisotopic (exact) mass is 705 g/mol. The minimum absolute atomic E-state index is 0.00409. The first kappa shape index (κ1) is 37.1.